The lowest BCUT2D eigenvalue weighted by atomic mass is 10.1. The predicted octanol–water partition coefficient (Wildman–Crippen LogP) is 4.64. The highest BCUT2D eigenvalue weighted by Gasteiger charge is 2.19. The molecule has 1 heterocycles. The van der Waals surface area contributed by atoms with Gasteiger partial charge >= 0.3 is 0 Å². The lowest BCUT2D eigenvalue weighted by Crippen LogP contribution is -2.34. The molecule has 0 radical (unpaired) electrons. The van der Waals surface area contributed by atoms with E-state index in [0.29, 0.717) is 29.1 Å². The SMILES string of the molecule is Cc1ccc(-c2nnc(SCC(=O)N(CCC#N)CCC#N)n2-c2ccc(Cl)cc2)cc1. The Labute approximate surface area is 196 Å². The van der Waals surface area contributed by atoms with E-state index in [9.17, 15) is 4.79 Å². The Morgan fingerprint density at radius 2 is 1.66 bits per heavy atom. The second kappa shape index (κ2) is 11.3. The number of thioether (sulfide) groups is 1. The van der Waals surface area contributed by atoms with Crippen molar-refractivity contribution < 1.29 is 4.79 Å². The third-order valence-electron chi connectivity index (χ3n) is 4.69. The quantitative estimate of drug-likeness (QED) is 0.427. The smallest absolute Gasteiger partial charge is 0.233 e. The van der Waals surface area contributed by atoms with Crippen LogP contribution < -0.4 is 0 Å². The molecule has 0 spiro atoms. The van der Waals surface area contributed by atoms with Crippen LogP contribution in [0.25, 0.3) is 17.1 Å². The average molecular weight is 465 g/mol. The Balaban J connectivity index is 1.88. The van der Waals surface area contributed by atoms with Crippen LogP contribution in [-0.2, 0) is 4.79 Å². The number of carbonyl (C=O) groups is 1. The Morgan fingerprint density at radius 1 is 1.03 bits per heavy atom. The molecule has 3 rings (SSSR count). The van der Waals surface area contributed by atoms with Crippen LogP contribution in [0.15, 0.2) is 53.7 Å². The zero-order valence-electron chi connectivity index (χ0n) is 17.5. The highest BCUT2D eigenvalue weighted by atomic mass is 35.5. The Kier molecular flexibility index (Phi) is 8.27. The topological polar surface area (TPSA) is 98.6 Å². The molecule has 0 fully saturated rings. The van der Waals surface area contributed by atoms with Crippen molar-refractivity contribution in [1.82, 2.24) is 19.7 Å². The lowest BCUT2D eigenvalue weighted by molar-refractivity contribution is -0.128. The normalized spacial score (nSPS) is 10.4. The second-order valence-corrected chi connectivity index (χ2v) is 8.35. The molecule has 0 bridgehead atoms. The van der Waals surface area contributed by atoms with Gasteiger partial charge in [-0.2, -0.15) is 10.5 Å². The van der Waals surface area contributed by atoms with Gasteiger partial charge in [0.05, 0.1) is 30.7 Å². The zero-order valence-corrected chi connectivity index (χ0v) is 19.1. The van der Waals surface area contributed by atoms with Crippen molar-refractivity contribution in [3.05, 3.63) is 59.1 Å². The van der Waals surface area contributed by atoms with E-state index in [0.717, 1.165) is 16.8 Å². The molecule has 0 aliphatic rings. The summed E-state index contributed by atoms with van der Waals surface area (Å²) in [6.07, 6.45) is 0.445. The minimum Gasteiger partial charge on any atom is -0.340 e. The van der Waals surface area contributed by atoms with Crippen LogP contribution >= 0.6 is 23.4 Å². The fraction of sp³-hybridized carbons (Fsp3) is 0.261. The summed E-state index contributed by atoms with van der Waals surface area (Å²) >= 11 is 7.33. The van der Waals surface area contributed by atoms with Gasteiger partial charge in [-0.25, -0.2) is 0 Å². The summed E-state index contributed by atoms with van der Waals surface area (Å²) in [4.78, 5) is 14.3. The van der Waals surface area contributed by atoms with Crippen LogP contribution in [-0.4, -0.2) is 44.4 Å². The van der Waals surface area contributed by atoms with E-state index in [1.165, 1.54) is 11.8 Å². The van der Waals surface area contributed by atoms with Crippen molar-refractivity contribution in [2.75, 3.05) is 18.8 Å². The van der Waals surface area contributed by atoms with Crippen LogP contribution in [0.4, 0.5) is 0 Å². The molecule has 2 aromatic carbocycles. The maximum atomic E-state index is 12.7. The number of hydrogen-bond donors (Lipinski definition) is 0. The lowest BCUT2D eigenvalue weighted by Gasteiger charge is -2.20. The summed E-state index contributed by atoms with van der Waals surface area (Å²) in [5, 5.41) is 27.6. The van der Waals surface area contributed by atoms with Crippen molar-refractivity contribution in [3.8, 4) is 29.2 Å². The molecule has 0 aliphatic carbocycles. The van der Waals surface area contributed by atoms with E-state index in [2.05, 4.69) is 10.2 Å². The molecule has 3 aromatic rings. The largest absolute Gasteiger partial charge is 0.340 e. The molecule has 162 valence electrons. The maximum Gasteiger partial charge on any atom is 0.233 e. The number of nitriles is 2. The van der Waals surface area contributed by atoms with Crippen molar-refractivity contribution in [3.63, 3.8) is 0 Å². The van der Waals surface area contributed by atoms with E-state index in [4.69, 9.17) is 22.1 Å². The van der Waals surface area contributed by atoms with Crippen LogP contribution in [0.3, 0.4) is 0 Å². The molecule has 1 amide bonds. The molecule has 0 aliphatic heterocycles. The van der Waals surface area contributed by atoms with Gasteiger partial charge in [0.1, 0.15) is 0 Å². The number of amides is 1. The van der Waals surface area contributed by atoms with Crippen LogP contribution in [0.2, 0.25) is 5.02 Å². The standard InChI is InChI=1S/C23H21ClN6OS/c1-17-4-6-18(7-5-17)22-27-28-23(30(22)20-10-8-19(24)9-11-20)32-16-21(31)29(14-2-12-25)15-3-13-26/h4-11H,2-3,14-16H2,1H3. The molecular weight excluding hydrogens is 444 g/mol. The minimum atomic E-state index is -0.150. The summed E-state index contributed by atoms with van der Waals surface area (Å²) < 4.78 is 1.90. The first-order valence-electron chi connectivity index (χ1n) is 9.96. The summed E-state index contributed by atoms with van der Waals surface area (Å²) in [7, 11) is 0. The van der Waals surface area contributed by atoms with Gasteiger partial charge < -0.3 is 4.90 Å². The van der Waals surface area contributed by atoms with Gasteiger partial charge in [-0.3, -0.25) is 9.36 Å². The number of rotatable bonds is 9. The zero-order chi connectivity index (χ0) is 22.9. The van der Waals surface area contributed by atoms with Crippen molar-refractivity contribution in [1.29, 1.82) is 10.5 Å². The van der Waals surface area contributed by atoms with Gasteiger partial charge in [0.2, 0.25) is 5.91 Å². The third-order valence-corrected chi connectivity index (χ3v) is 5.86. The van der Waals surface area contributed by atoms with E-state index in [-0.39, 0.29) is 24.5 Å². The second-order valence-electron chi connectivity index (χ2n) is 6.97. The van der Waals surface area contributed by atoms with E-state index in [1.807, 2.05) is 60.0 Å². The first-order chi connectivity index (χ1) is 15.5. The van der Waals surface area contributed by atoms with Gasteiger partial charge in [0.25, 0.3) is 0 Å². The van der Waals surface area contributed by atoms with Crippen LogP contribution in [0, 0.1) is 29.6 Å². The number of nitrogens with zero attached hydrogens (tertiary/aromatic N) is 6. The van der Waals surface area contributed by atoms with Crippen molar-refractivity contribution in [2.45, 2.75) is 24.9 Å². The summed E-state index contributed by atoms with van der Waals surface area (Å²) in [6.45, 7) is 2.62. The molecule has 0 atom stereocenters. The molecule has 1 aromatic heterocycles. The van der Waals surface area contributed by atoms with Gasteiger partial charge in [-0.15, -0.1) is 10.2 Å². The number of halogens is 1. The summed E-state index contributed by atoms with van der Waals surface area (Å²) in [5.74, 6) is 0.632. The van der Waals surface area contributed by atoms with Crippen LogP contribution in [0.5, 0.6) is 0 Å². The molecule has 0 N–H and O–H groups in total. The van der Waals surface area contributed by atoms with Crippen molar-refractivity contribution >= 4 is 29.3 Å². The molecule has 0 unspecified atom stereocenters. The monoisotopic (exact) mass is 464 g/mol. The highest BCUT2D eigenvalue weighted by Crippen LogP contribution is 2.29. The van der Waals surface area contributed by atoms with E-state index >= 15 is 0 Å². The number of hydrogen-bond acceptors (Lipinski definition) is 6. The fourth-order valence-electron chi connectivity index (χ4n) is 3.02. The molecule has 0 saturated carbocycles. The summed E-state index contributed by atoms with van der Waals surface area (Å²) in [5.41, 5.74) is 2.87. The number of aromatic nitrogens is 3. The highest BCUT2D eigenvalue weighted by molar-refractivity contribution is 7.99. The first kappa shape index (κ1) is 23.3. The molecule has 32 heavy (non-hydrogen) atoms. The Bertz CT molecular complexity index is 1130. The first-order valence-corrected chi connectivity index (χ1v) is 11.3. The molecule has 9 heteroatoms. The van der Waals surface area contributed by atoms with Gasteiger partial charge in [-0.1, -0.05) is 53.2 Å². The van der Waals surface area contributed by atoms with Gasteiger partial charge in [0, 0.05) is 29.4 Å². The predicted molar refractivity (Wildman–Crippen MR) is 124 cm³/mol. The average Bonchev–Trinajstić information content (AvgIpc) is 3.22. The summed E-state index contributed by atoms with van der Waals surface area (Å²) in [6, 6.07) is 19.4. The molecular formula is C23H21ClN6OS. The Morgan fingerprint density at radius 3 is 2.25 bits per heavy atom. The fourth-order valence-corrected chi connectivity index (χ4v) is 4.01. The van der Waals surface area contributed by atoms with Crippen molar-refractivity contribution in [2.24, 2.45) is 0 Å². The Hall–Kier alpha value is -3.33. The van der Waals surface area contributed by atoms with Gasteiger partial charge in [0.15, 0.2) is 11.0 Å². The van der Waals surface area contributed by atoms with E-state index < -0.39 is 0 Å². The minimum absolute atomic E-state index is 0.122. The number of aryl methyl sites for hydroxylation is 1. The third kappa shape index (κ3) is 5.88. The maximum absolute atomic E-state index is 12.7. The van der Waals surface area contributed by atoms with Crippen LogP contribution in [0.1, 0.15) is 18.4 Å². The number of benzene rings is 2. The number of carbonyl (C=O) groups excluding carboxylic acids is 1. The van der Waals surface area contributed by atoms with E-state index in [1.54, 1.807) is 17.0 Å². The van der Waals surface area contributed by atoms with Gasteiger partial charge in [-0.05, 0) is 31.2 Å². The molecule has 7 nitrogen and oxygen atoms in total. The molecule has 0 saturated heterocycles.